The molecule has 3 N–H and O–H groups in total. The van der Waals surface area contributed by atoms with Crippen molar-refractivity contribution in [2.75, 3.05) is 0 Å². The molecular formula is C16H17N5. The van der Waals surface area contributed by atoms with Crippen LogP contribution in [0.15, 0.2) is 55.1 Å². The maximum atomic E-state index is 5.83. The summed E-state index contributed by atoms with van der Waals surface area (Å²) in [4.78, 5) is 4.19. The first kappa shape index (κ1) is 12.5. The van der Waals surface area contributed by atoms with Crippen LogP contribution in [0.4, 0.5) is 0 Å². The van der Waals surface area contributed by atoms with E-state index in [1.165, 1.54) is 5.56 Å². The van der Waals surface area contributed by atoms with Crippen molar-refractivity contribution >= 4 is 5.52 Å². The van der Waals surface area contributed by atoms with Gasteiger partial charge in [-0.2, -0.15) is 5.10 Å². The fourth-order valence-corrected chi connectivity index (χ4v) is 3.20. The lowest BCUT2D eigenvalue weighted by atomic mass is 10.0. The number of hydrazine groups is 1. The van der Waals surface area contributed by atoms with E-state index in [9.17, 15) is 0 Å². The van der Waals surface area contributed by atoms with Crippen LogP contribution in [0.25, 0.3) is 5.52 Å². The maximum Gasteiger partial charge on any atom is 0.0893 e. The molecule has 5 nitrogen and oxygen atoms in total. The average Bonchev–Trinajstić information content (AvgIpc) is 3.22. The largest absolute Gasteiger partial charge is 0.271 e. The van der Waals surface area contributed by atoms with Gasteiger partial charge in [-0.25, -0.2) is 4.52 Å². The number of benzene rings is 1. The van der Waals surface area contributed by atoms with Crippen LogP contribution < -0.4 is 11.3 Å². The molecule has 0 amide bonds. The van der Waals surface area contributed by atoms with E-state index in [2.05, 4.69) is 45.8 Å². The number of hydrogen-bond acceptors (Lipinski definition) is 4. The van der Waals surface area contributed by atoms with Crippen LogP contribution in [0.1, 0.15) is 29.5 Å². The first-order valence-corrected chi connectivity index (χ1v) is 7.17. The van der Waals surface area contributed by atoms with Gasteiger partial charge in [0, 0.05) is 18.0 Å². The highest BCUT2D eigenvalue weighted by Gasteiger charge is 2.44. The highest BCUT2D eigenvalue weighted by molar-refractivity contribution is 5.54. The van der Waals surface area contributed by atoms with Crippen molar-refractivity contribution in [3.63, 3.8) is 0 Å². The quantitative estimate of drug-likeness (QED) is 0.566. The van der Waals surface area contributed by atoms with E-state index in [0.717, 1.165) is 17.5 Å². The SMILES string of the molecule is NNC(c1cnn2ccncc12)C1CC1c1ccccc1. The van der Waals surface area contributed by atoms with E-state index in [1.807, 2.05) is 23.1 Å². The van der Waals surface area contributed by atoms with Gasteiger partial charge in [-0.05, 0) is 23.8 Å². The molecule has 0 aliphatic heterocycles. The third-order valence-electron chi connectivity index (χ3n) is 4.36. The molecule has 1 aliphatic rings. The van der Waals surface area contributed by atoms with Gasteiger partial charge in [0.2, 0.25) is 0 Å². The Morgan fingerprint density at radius 2 is 2.10 bits per heavy atom. The summed E-state index contributed by atoms with van der Waals surface area (Å²) in [6, 6.07) is 10.7. The molecule has 21 heavy (non-hydrogen) atoms. The molecule has 5 heteroatoms. The second kappa shape index (κ2) is 4.95. The van der Waals surface area contributed by atoms with Gasteiger partial charge in [-0.15, -0.1) is 0 Å². The van der Waals surface area contributed by atoms with Crippen molar-refractivity contribution < 1.29 is 0 Å². The van der Waals surface area contributed by atoms with Crippen molar-refractivity contribution in [2.24, 2.45) is 11.8 Å². The molecule has 1 aliphatic carbocycles. The predicted molar refractivity (Wildman–Crippen MR) is 80.3 cm³/mol. The van der Waals surface area contributed by atoms with Crippen LogP contribution in [0.5, 0.6) is 0 Å². The summed E-state index contributed by atoms with van der Waals surface area (Å²) in [6.45, 7) is 0. The first-order valence-electron chi connectivity index (χ1n) is 7.17. The molecule has 2 heterocycles. The Hall–Kier alpha value is -2.24. The van der Waals surface area contributed by atoms with Gasteiger partial charge in [0.1, 0.15) is 0 Å². The van der Waals surface area contributed by atoms with Gasteiger partial charge in [-0.1, -0.05) is 30.3 Å². The lowest BCUT2D eigenvalue weighted by molar-refractivity contribution is 0.490. The minimum Gasteiger partial charge on any atom is -0.271 e. The summed E-state index contributed by atoms with van der Waals surface area (Å²) >= 11 is 0. The van der Waals surface area contributed by atoms with E-state index in [0.29, 0.717) is 11.8 Å². The minimum atomic E-state index is 0.108. The Bertz CT molecular complexity index is 751. The van der Waals surface area contributed by atoms with Gasteiger partial charge >= 0.3 is 0 Å². The summed E-state index contributed by atoms with van der Waals surface area (Å²) in [7, 11) is 0. The van der Waals surface area contributed by atoms with Crippen molar-refractivity contribution in [3.05, 3.63) is 66.2 Å². The monoisotopic (exact) mass is 279 g/mol. The van der Waals surface area contributed by atoms with Gasteiger partial charge in [0.25, 0.3) is 0 Å². The summed E-state index contributed by atoms with van der Waals surface area (Å²) in [5.41, 5.74) is 6.50. The molecule has 4 rings (SSSR count). The van der Waals surface area contributed by atoms with Crippen LogP contribution in [0.2, 0.25) is 0 Å². The summed E-state index contributed by atoms with van der Waals surface area (Å²) in [5, 5.41) is 4.38. The van der Waals surface area contributed by atoms with Crippen LogP contribution in [0.3, 0.4) is 0 Å². The third kappa shape index (κ3) is 2.11. The van der Waals surface area contributed by atoms with Crippen LogP contribution in [-0.2, 0) is 0 Å². The smallest absolute Gasteiger partial charge is 0.0893 e. The number of fused-ring (bicyclic) bond motifs is 1. The molecule has 3 atom stereocenters. The fourth-order valence-electron chi connectivity index (χ4n) is 3.20. The van der Waals surface area contributed by atoms with E-state index >= 15 is 0 Å². The highest BCUT2D eigenvalue weighted by atomic mass is 15.3. The lowest BCUT2D eigenvalue weighted by Gasteiger charge is -2.15. The van der Waals surface area contributed by atoms with E-state index < -0.39 is 0 Å². The Morgan fingerprint density at radius 3 is 2.90 bits per heavy atom. The molecule has 0 radical (unpaired) electrons. The predicted octanol–water partition coefficient (Wildman–Crippen LogP) is 2.04. The number of aromatic nitrogens is 3. The topological polar surface area (TPSA) is 68.2 Å². The maximum absolute atomic E-state index is 5.83. The molecule has 0 spiro atoms. The molecule has 0 bridgehead atoms. The fraction of sp³-hybridized carbons (Fsp3) is 0.250. The van der Waals surface area contributed by atoms with Gasteiger partial charge < -0.3 is 0 Å². The van der Waals surface area contributed by atoms with E-state index in [4.69, 9.17) is 5.84 Å². The normalized spacial score (nSPS) is 22.3. The number of nitrogens with one attached hydrogen (secondary N) is 1. The molecule has 1 fully saturated rings. The number of hydrogen-bond donors (Lipinski definition) is 2. The van der Waals surface area contributed by atoms with Gasteiger partial charge in [-0.3, -0.25) is 16.3 Å². The van der Waals surface area contributed by atoms with Crippen molar-refractivity contribution in [1.29, 1.82) is 0 Å². The standard InChI is InChI=1S/C16H17N5/c17-20-16(13-8-12(13)11-4-2-1-3-5-11)14-9-19-21-7-6-18-10-15(14)21/h1-7,9-10,12-13,16,20H,8,17H2. The number of rotatable bonds is 4. The van der Waals surface area contributed by atoms with Gasteiger partial charge in [0.15, 0.2) is 0 Å². The minimum absolute atomic E-state index is 0.108. The zero-order valence-electron chi connectivity index (χ0n) is 11.6. The van der Waals surface area contributed by atoms with Crippen LogP contribution in [-0.4, -0.2) is 14.6 Å². The molecule has 106 valence electrons. The zero-order chi connectivity index (χ0) is 14.2. The second-order valence-corrected chi connectivity index (χ2v) is 5.57. The average molecular weight is 279 g/mol. The second-order valence-electron chi connectivity index (χ2n) is 5.57. The molecule has 1 saturated carbocycles. The Kier molecular flexibility index (Phi) is 2.94. The van der Waals surface area contributed by atoms with E-state index in [-0.39, 0.29) is 6.04 Å². The van der Waals surface area contributed by atoms with Crippen molar-refractivity contribution in [1.82, 2.24) is 20.0 Å². The van der Waals surface area contributed by atoms with Crippen molar-refractivity contribution in [2.45, 2.75) is 18.4 Å². The van der Waals surface area contributed by atoms with E-state index in [1.54, 1.807) is 6.20 Å². The summed E-state index contributed by atoms with van der Waals surface area (Å²) in [5.74, 6) is 6.90. The lowest BCUT2D eigenvalue weighted by Crippen LogP contribution is -2.29. The zero-order valence-corrected chi connectivity index (χ0v) is 11.6. The molecule has 3 aromatic rings. The van der Waals surface area contributed by atoms with Crippen LogP contribution in [0, 0.1) is 5.92 Å². The Balaban J connectivity index is 1.65. The number of nitrogens with zero attached hydrogens (tertiary/aromatic N) is 3. The number of nitrogens with two attached hydrogens (primary N) is 1. The van der Waals surface area contributed by atoms with Crippen LogP contribution >= 0.6 is 0 Å². The van der Waals surface area contributed by atoms with Crippen molar-refractivity contribution in [3.8, 4) is 0 Å². The summed E-state index contributed by atoms with van der Waals surface area (Å²) in [6.07, 6.45) is 8.47. The van der Waals surface area contributed by atoms with Gasteiger partial charge in [0.05, 0.1) is 24.0 Å². The third-order valence-corrected chi connectivity index (χ3v) is 4.36. The molecular weight excluding hydrogens is 262 g/mol. The molecule has 0 saturated heterocycles. The Labute approximate surface area is 122 Å². The summed E-state index contributed by atoms with van der Waals surface area (Å²) < 4.78 is 1.84. The highest BCUT2D eigenvalue weighted by Crippen LogP contribution is 2.54. The Morgan fingerprint density at radius 1 is 1.24 bits per heavy atom. The first-order chi connectivity index (χ1) is 10.4. The molecule has 3 unspecified atom stereocenters. The molecule has 2 aromatic heterocycles. The molecule has 1 aromatic carbocycles.